The van der Waals surface area contributed by atoms with Gasteiger partial charge in [0.05, 0.1) is 26.1 Å². The first-order valence-corrected chi connectivity index (χ1v) is 8.15. The van der Waals surface area contributed by atoms with Gasteiger partial charge in [0.25, 0.3) is 0 Å². The molecule has 2 aromatic heterocycles. The van der Waals surface area contributed by atoms with Crippen LogP contribution in [-0.2, 0) is 9.47 Å². The van der Waals surface area contributed by atoms with Crippen LogP contribution in [-0.4, -0.2) is 68.4 Å². The summed E-state index contributed by atoms with van der Waals surface area (Å²) in [6.45, 7) is 2.03. The molecule has 1 saturated heterocycles. The van der Waals surface area contributed by atoms with E-state index >= 15 is 0 Å². The molecule has 1 aliphatic rings. The summed E-state index contributed by atoms with van der Waals surface area (Å²) in [7, 11) is 1.47. The molecule has 0 amide bonds. The number of anilines is 1. The summed E-state index contributed by atoms with van der Waals surface area (Å²) >= 11 is 0. The number of aliphatic hydroxyl groups is 2. The Morgan fingerprint density at radius 1 is 1.48 bits per heavy atom. The second-order valence-electron chi connectivity index (χ2n) is 5.91. The fourth-order valence-electron chi connectivity index (χ4n) is 2.98. The molecule has 1 aliphatic heterocycles. The molecule has 3 rings (SSSR count). The maximum absolute atomic E-state index is 10.4. The van der Waals surface area contributed by atoms with Gasteiger partial charge in [0.15, 0.2) is 11.2 Å². The highest BCUT2D eigenvalue weighted by Crippen LogP contribution is 2.26. The van der Waals surface area contributed by atoms with Crippen LogP contribution >= 0.6 is 0 Å². The van der Waals surface area contributed by atoms with Gasteiger partial charge in [-0.3, -0.25) is 4.57 Å². The largest absolute Gasteiger partial charge is 0.479 e. The summed E-state index contributed by atoms with van der Waals surface area (Å²) < 4.78 is 18.1. The Hall–Kier alpha value is -2.01. The number of hydrogen-bond donors (Lipinski definition) is 3. The third-order valence-corrected chi connectivity index (χ3v) is 4.27. The van der Waals surface area contributed by atoms with Crippen molar-refractivity contribution in [3.8, 4) is 5.88 Å². The van der Waals surface area contributed by atoms with Crippen molar-refractivity contribution in [2.45, 2.75) is 44.3 Å². The minimum absolute atomic E-state index is 0.0522. The molecule has 1 fully saturated rings. The lowest BCUT2D eigenvalue weighted by Crippen LogP contribution is -2.42. The van der Waals surface area contributed by atoms with Gasteiger partial charge in [0.1, 0.15) is 18.4 Å². The van der Waals surface area contributed by atoms with Crippen molar-refractivity contribution in [1.29, 1.82) is 0 Å². The highest BCUT2D eigenvalue weighted by molar-refractivity contribution is 5.77. The van der Waals surface area contributed by atoms with Crippen LogP contribution in [0.3, 0.4) is 0 Å². The molecule has 138 valence electrons. The van der Waals surface area contributed by atoms with Crippen LogP contribution in [0.25, 0.3) is 11.2 Å². The number of nitrogens with zero attached hydrogens (tertiary/aromatic N) is 4. The number of rotatable bonds is 7. The molecule has 0 aliphatic carbocycles. The van der Waals surface area contributed by atoms with Crippen LogP contribution in [0.1, 0.15) is 26.0 Å². The van der Waals surface area contributed by atoms with E-state index in [-0.39, 0.29) is 24.5 Å². The first-order chi connectivity index (χ1) is 12.0. The van der Waals surface area contributed by atoms with Gasteiger partial charge in [-0.1, -0.05) is 0 Å². The van der Waals surface area contributed by atoms with Crippen molar-refractivity contribution < 1.29 is 24.4 Å². The van der Waals surface area contributed by atoms with Gasteiger partial charge < -0.3 is 30.2 Å². The molecule has 0 spiro atoms. The van der Waals surface area contributed by atoms with Crippen molar-refractivity contribution in [2.75, 3.05) is 26.1 Å². The second-order valence-corrected chi connectivity index (χ2v) is 5.91. The molecule has 10 nitrogen and oxygen atoms in total. The summed E-state index contributed by atoms with van der Waals surface area (Å²) in [5.74, 6) is 0.322. The average molecular weight is 353 g/mol. The standard InChI is InChI=1S/C15H23N5O5/c1-8(25-10(6-21)12(22)9-4-3-5-24-9)20-7-17-11-13(20)18-15(16)19-14(11)23-2/h7-10,12,21-22H,3-6H2,1-2H3,(H2,16,18,19)/t8?,9?,10?,12-/m0/s1. The highest BCUT2D eigenvalue weighted by atomic mass is 16.5. The quantitative estimate of drug-likeness (QED) is 0.620. The number of nitrogen functional groups attached to an aromatic ring is 1. The average Bonchev–Trinajstić information content (AvgIpc) is 3.27. The number of ether oxygens (including phenoxy) is 3. The smallest absolute Gasteiger partial charge is 0.246 e. The summed E-state index contributed by atoms with van der Waals surface area (Å²) in [5, 5.41) is 20.0. The zero-order chi connectivity index (χ0) is 18.0. The van der Waals surface area contributed by atoms with Gasteiger partial charge in [-0.15, -0.1) is 0 Å². The molecule has 0 radical (unpaired) electrons. The second kappa shape index (κ2) is 7.48. The molecule has 0 saturated carbocycles. The number of aromatic nitrogens is 4. The van der Waals surface area contributed by atoms with Crippen LogP contribution in [0.15, 0.2) is 6.33 Å². The van der Waals surface area contributed by atoms with Crippen molar-refractivity contribution >= 4 is 17.1 Å². The first-order valence-electron chi connectivity index (χ1n) is 8.15. The van der Waals surface area contributed by atoms with Crippen LogP contribution < -0.4 is 10.5 Å². The molecule has 0 bridgehead atoms. The molecule has 4 N–H and O–H groups in total. The van der Waals surface area contributed by atoms with Crippen LogP contribution in [0.2, 0.25) is 0 Å². The predicted octanol–water partition coefficient (Wildman–Crippen LogP) is -0.147. The Bertz CT molecular complexity index is 718. The number of imidazole rings is 1. The lowest BCUT2D eigenvalue weighted by molar-refractivity contribution is -0.146. The van der Waals surface area contributed by atoms with E-state index in [4.69, 9.17) is 19.9 Å². The Balaban J connectivity index is 1.81. The Kier molecular flexibility index (Phi) is 5.33. The zero-order valence-electron chi connectivity index (χ0n) is 14.2. The predicted molar refractivity (Wildman–Crippen MR) is 87.9 cm³/mol. The maximum Gasteiger partial charge on any atom is 0.246 e. The molecule has 4 atom stereocenters. The van der Waals surface area contributed by atoms with Crippen LogP contribution in [0.5, 0.6) is 5.88 Å². The van der Waals surface area contributed by atoms with Gasteiger partial charge in [0, 0.05) is 6.61 Å². The van der Waals surface area contributed by atoms with Gasteiger partial charge in [-0.05, 0) is 19.8 Å². The zero-order valence-corrected chi connectivity index (χ0v) is 14.2. The molecule has 0 aromatic carbocycles. The lowest BCUT2D eigenvalue weighted by atomic mass is 10.1. The van der Waals surface area contributed by atoms with Crippen molar-refractivity contribution in [3.63, 3.8) is 0 Å². The van der Waals surface area contributed by atoms with E-state index in [0.717, 1.165) is 12.8 Å². The summed E-state index contributed by atoms with van der Waals surface area (Å²) in [6, 6.07) is 0. The maximum atomic E-state index is 10.4. The third-order valence-electron chi connectivity index (χ3n) is 4.27. The monoisotopic (exact) mass is 353 g/mol. The van der Waals surface area contributed by atoms with E-state index in [1.165, 1.54) is 13.4 Å². The van der Waals surface area contributed by atoms with Crippen molar-refractivity contribution in [2.24, 2.45) is 0 Å². The fourth-order valence-corrected chi connectivity index (χ4v) is 2.98. The van der Waals surface area contributed by atoms with Crippen LogP contribution in [0.4, 0.5) is 5.95 Å². The van der Waals surface area contributed by atoms with E-state index in [1.54, 1.807) is 11.5 Å². The number of hydrogen-bond acceptors (Lipinski definition) is 9. The SMILES string of the molecule is COc1nc(N)nc2c1ncn2C(C)OC(CO)[C@@H](O)C1CCCO1. The van der Waals surface area contributed by atoms with E-state index in [1.807, 2.05) is 0 Å². The molecule has 10 heteroatoms. The number of nitrogens with two attached hydrogens (primary N) is 1. The number of methoxy groups -OCH3 is 1. The minimum atomic E-state index is -0.918. The van der Waals surface area contributed by atoms with Gasteiger partial charge >= 0.3 is 0 Å². The lowest BCUT2D eigenvalue weighted by Gasteiger charge is -2.28. The minimum Gasteiger partial charge on any atom is -0.479 e. The number of aliphatic hydroxyl groups excluding tert-OH is 2. The molecule has 3 unspecified atom stereocenters. The van der Waals surface area contributed by atoms with Crippen LogP contribution in [0, 0.1) is 0 Å². The summed E-state index contributed by atoms with van der Waals surface area (Å²) in [6.07, 6.45) is 0.551. The van der Waals surface area contributed by atoms with E-state index in [9.17, 15) is 10.2 Å². The fraction of sp³-hybridized carbons (Fsp3) is 0.667. The molecule has 2 aromatic rings. The third kappa shape index (κ3) is 3.52. The summed E-state index contributed by atoms with van der Waals surface area (Å²) in [4.78, 5) is 12.4. The van der Waals surface area contributed by atoms with Gasteiger partial charge in [0.2, 0.25) is 11.8 Å². The van der Waals surface area contributed by atoms with Gasteiger partial charge in [-0.25, -0.2) is 4.98 Å². The normalized spacial score (nSPS) is 21.4. The number of fused-ring (bicyclic) bond motifs is 1. The van der Waals surface area contributed by atoms with E-state index in [2.05, 4.69) is 15.0 Å². The Morgan fingerprint density at radius 3 is 2.92 bits per heavy atom. The molecular formula is C15H23N5O5. The Labute approximate surface area is 144 Å². The Morgan fingerprint density at radius 2 is 2.28 bits per heavy atom. The molecule has 3 heterocycles. The molecule has 25 heavy (non-hydrogen) atoms. The van der Waals surface area contributed by atoms with E-state index in [0.29, 0.717) is 17.8 Å². The molecular weight excluding hydrogens is 330 g/mol. The van der Waals surface area contributed by atoms with Gasteiger partial charge in [-0.2, -0.15) is 9.97 Å². The first kappa shape index (κ1) is 17.8. The topological polar surface area (TPSA) is 138 Å². The van der Waals surface area contributed by atoms with E-state index < -0.39 is 18.4 Å². The summed E-state index contributed by atoms with van der Waals surface area (Å²) in [5.41, 5.74) is 6.60. The highest BCUT2D eigenvalue weighted by Gasteiger charge is 2.32. The van der Waals surface area contributed by atoms with Crippen molar-refractivity contribution in [3.05, 3.63) is 6.33 Å². The van der Waals surface area contributed by atoms with Crippen molar-refractivity contribution in [1.82, 2.24) is 19.5 Å².